The van der Waals surface area contributed by atoms with Crippen LogP contribution in [0.5, 0.6) is 5.75 Å². The van der Waals surface area contributed by atoms with Crippen LogP contribution in [0.25, 0.3) is 11.5 Å². The highest BCUT2D eigenvalue weighted by atomic mass is 32.1. The molecule has 0 spiro atoms. The lowest BCUT2D eigenvalue weighted by molar-refractivity contribution is 0.0962. The number of hydrogen-bond donors (Lipinski definition) is 2. The second kappa shape index (κ2) is 9.42. The first kappa shape index (κ1) is 20.7. The van der Waals surface area contributed by atoms with Gasteiger partial charge in [-0.15, -0.1) is 0 Å². The Balaban J connectivity index is 1.83. The molecule has 9 heteroatoms. The minimum atomic E-state index is -0.184. The molecule has 0 unspecified atom stereocenters. The van der Waals surface area contributed by atoms with E-state index in [1.165, 1.54) is 11.5 Å². The van der Waals surface area contributed by atoms with E-state index in [1.807, 2.05) is 32.0 Å². The topological polar surface area (TPSA) is 102 Å². The molecule has 8 nitrogen and oxygen atoms in total. The Morgan fingerprint density at radius 1 is 1.24 bits per heavy atom. The lowest BCUT2D eigenvalue weighted by Crippen LogP contribution is -2.21. The summed E-state index contributed by atoms with van der Waals surface area (Å²) >= 11 is 1.19. The van der Waals surface area contributed by atoms with E-state index < -0.39 is 0 Å². The Labute approximate surface area is 173 Å². The summed E-state index contributed by atoms with van der Waals surface area (Å²) in [4.78, 5) is 25.6. The smallest absolute Gasteiger partial charge is 0.255 e. The van der Waals surface area contributed by atoms with E-state index in [2.05, 4.69) is 36.9 Å². The van der Waals surface area contributed by atoms with E-state index in [4.69, 9.17) is 4.74 Å². The summed E-state index contributed by atoms with van der Waals surface area (Å²) in [6.07, 6.45) is 5.15. The van der Waals surface area contributed by atoms with Crippen LogP contribution in [0, 0.1) is 0 Å². The standard InChI is InChI=1S/C20H24N6O2S/c1-5-6-13-9-10-22-18(16(13)19(27)21-4)25-20-24-17(26-29-20)15-8-7-14(11-23-15)28-12(2)3/h7-12H,5-6H2,1-4H3,(H,21,27)(H,22,24,25,26). The zero-order chi connectivity index (χ0) is 20.8. The van der Waals surface area contributed by atoms with Gasteiger partial charge < -0.3 is 15.4 Å². The van der Waals surface area contributed by atoms with Crippen molar-refractivity contribution in [3.05, 3.63) is 41.7 Å². The highest BCUT2D eigenvalue weighted by Crippen LogP contribution is 2.26. The number of amides is 1. The third kappa shape index (κ3) is 5.05. The quantitative estimate of drug-likeness (QED) is 0.579. The van der Waals surface area contributed by atoms with E-state index in [-0.39, 0.29) is 12.0 Å². The molecule has 0 aliphatic heterocycles. The Hall–Kier alpha value is -3.07. The van der Waals surface area contributed by atoms with Crippen molar-refractivity contribution >= 4 is 28.4 Å². The molecule has 0 saturated heterocycles. The van der Waals surface area contributed by atoms with E-state index in [9.17, 15) is 4.79 Å². The third-order valence-corrected chi connectivity index (χ3v) is 4.63. The van der Waals surface area contributed by atoms with Gasteiger partial charge in [0.25, 0.3) is 5.91 Å². The molecule has 0 radical (unpaired) electrons. The SMILES string of the molecule is CCCc1ccnc(Nc2nc(-c3ccc(OC(C)C)cn3)ns2)c1C(=O)NC. The Morgan fingerprint density at radius 3 is 2.72 bits per heavy atom. The molecule has 0 aliphatic rings. The summed E-state index contributed by atoms with van der Waals surface area (Å²) in [5.41, 5.74) is 2.11. The monoisotopic (exact) mass is 412 g/mol. The molecule has 29 heavy (non-hydrogen) atoms. The number of carbonyl (C=O) groups excluding carboxylic acids is 1. The van der Waals surface area contributed by atoms with Crippen molar-refractivity contribution in [2.75, 3.05) is 12.4 Å². The predicted molar refractivity (Wildman–Crippen MR) is 114 cm³/mol. The summed E-state index contributed by atoms with van der Waals surface area (Å²) < 4.78 is 9.97. The minimum Gasteiger partial charge on any atom is -0.489 e. The number of anilines is 2. The van der Waals surface area contributed by atoms with Crippen LogP contribution in [-0.4, -0.2) is 38.4 Å². The van der Waals surface area contributed by atoms with Gasteiger partial charge in [-0.25, -0.2) is 9.97 Å². The molecule has 2 N–H and O–H groups in total. The van der Waals surface area contributed by atoms with Crippen LogP contribution in [0.1, 0.15) is 43.1 Å². The fourth-order valence-corrected chi connectivity index (χ4v) is 3.36. The zero-order valence-electron chi connectivity index (χ0n) is 16.9. The van der Waals surface area contributed by atoms with Crippen molar-refractivity contribution in [2.45, 2.75) is 39.7 Å². The Kier molecular flexibility index (Phi) is 6.71. The number of nitrogens with one attached hydrogen (secondary N) is 2. The average molecular weight is 413 g/mol. The van der Waals surface area contributed by atoms with Gasteiger partial charge in [-0.05, 0) is 44.0 Å². The lowest BCUT2D eigenvalue weighted by Gasteiger charge is -2.12. The molecule has 3 aromatic heterocycles. The summed E-state index contributed by atoms with van der Waals surface area (Å²) in [5.74, 6) is 1.48. The number of carbonyl (C=O) groups is 1. The molecule has 1 amide bonds. The largest absolute Gasteiger partial charge is 0.489 e. The first-order valence-electron chi connectivity index (χ1n) is 9.45. The second-order valence-corrected chi connectivity index (χ2v) is 7.37. The van der Waals surface area contributed by atoms with Gasteiger partial charge in [-0.3, -0.25) is 4.79 Å². The highest BCUT2D eigenvalue weighted by Gasteiger charge is 2.18. The summed E-state index contributed by atoms with van der Waals surface area (Å²) in [7, 11) is 1.61. The maximum atomic E-state index is 12.4. The Morgan fingerprint density at radius 2 is 2.07 bits per heavy atom. The predicted octanol–water partition coefficient (Wildman–Crippen LogP) is 3.84. The van der Waals surface area contributed by atoms with Crippen molar-refractivity contribution in [3.8, 4) is 17.3 Å². The van der Waals surface area contributed by atoms with Gasteiger partial charge in [0.05, 0.1) is 17.9 Å². The van der Waals surface area contributed by atoms with Gasteiger partial charge >= 0.3 is 0 Å². The highest BCUT2D eigenvalue weighted by molar-refractivity contribution is 7.09. The number of hydrogen-bond acceptors (Lipinski definition) is 8. The van der Waals surface area contributed by atoms with Crippen molar-refractivity contribution in [2.24, 2.45) is 0 Å². The van der Waals surface area contributed by atoms with Crippen molar-refractivity contribution in [1.29, 1.82) is 0 Å². The molecule has 0 fully saturated rings. The summed E-state index contributed by atoms with van der Waals surface area (Å²) in [6.45, 7) is 6.00. The molecular weight excluding hydrogens is 388 g/mol. The number of nitrogens with zero attached hydrogens (tertiary/aromatic N) is 4. The molecule has 0 bridgehead atoms. The minimum absolute atomic E-state index is 0.0846. The number of aromatic nitrogens is 4. The Bertz CT molecular complexity index is 971. The fraction of sp³-hybridized carbons (Fsp3) is 0.350. The molecule has 0 saturated carbocycles. The first-order chi connectivity index (χ1) is 14.0. The normalized spacial score (nSPS) is 10.8. The van der Waals surface area contributed by atoms with E-state index in [0.717, 1.165) is 18.4 Å². The van der Waals surface area contributed by atoms with Crippen LogP contribution < -0.4 is 15.4 Å². The van der Waals surface area contributed by atoms with E-state index in [1.54, 1.807) is 19.4 Å². The number of rotatable bonds is 8. The third-order valence-electron chi connectivity index (χ3n) is 4.00. The van der Waals surface area contributed by atoms with Crippen molar-refractivity contribution in [1.82, 2.24) is 24.6 Å². The maximum Gasteiger partial charge on any atom is 0.255 e. The number of pyridine rings is 2. The first-order valence-corrected chi connectivity index (χ1v) is 10.2. The van der Waals surface area contributed by atoms with Crippen LogP contribution >= 0.6 is 11.5 Å². The van der Waals surface area contributed by atoms with Crippen molar-refractivity contribution in [3.63, 3.8) is 0 Å². The molecule has 0 aliphatic carbocycles. The zero-order valence-corrected chi connectivity index (χ0v) is 17.7. The average Bonchev–Trinajstić information content (AvgIpc) is 3.16. The molecule has 0 atom stereocenters. The van der Waals surface area contributed by atoms with Crippen molar-refractivity contribution < 1.29 is 9.53 Å². The number of ether oxygens (including phenoxy) is 1. The number of aryl methyl sites for hydroxylation is 1. The van der Waals surface area contributed by atoms with Crippen LogP contribution in [0.3, 0.4) is 0 Å². The molecule has 3 heterocycles. The van der Waals surface area contributed by atoms with E-state index >= 15 is 0 Å². The molecule has 0 aromatic carbocycles. The molecule has 3 rings (SSSR count). The van der Waals surface area contributed by atoms with Gasteiger partial charge in [-0.1, -0.05) is 13.3 Å². The summed E-state index contributed by atoms with van der Waals surface area (Å²) in [5, 5.41) is 6.35. The maximum absolute atomic E-state index is 12.4. The van der Waals surface area contributed by atoms with Gasteiger partial charge in [0, 0.05) is 24.8 Å². The van der Waals surface area contributed by atoms with Gasteiger partial charge in [0.15, 0.2) is 5.82 Å². The van der Waals surface area contributed by atoms with Crippen LogP contribution in [-0.2, 0) is 6.42 Å². The fourth-order valence-electron chi connectivity index (χ4n) is 2.79. The van der Waals surface area contributed by atoms with Gasteiger partial charge in [0.1, 0.15) is 17.3 Å². The van der Waals surface area contributed by atoms with Crippen LogP contribution in [0.2, 0.25) is 0 Å². The molecular formula is C20H24N6O2S. The molecule has 3 aromatic rings. The van der Waals surface area contributed by atoms with Gasteiger partial charge in [0.2, 0.25) is 5.13 Å². The summed E-state index contributed by atoms with van der Waals surface area (Å²) in [6, 6.07) is 5.53. The van der Waals surface area contributed by atoms with Gasteiger partial charge in [-0.2, -0.15) is 9.36 Å². The molecule has 152 valence electrons. The lowest BCUT2D eigenvalue weighted by atomic mass is 10.0. The van der Waals surface area contributed by atoms with E-state index in [0.29, 0.717) is 33.8 Å². The second-order valence-electron chi connectivity index (χ2n) is 6.62. The van der Waals surface area contributed by atoms with Crippen LogP contribution in [0.4, 0.5) is 10.9 Å². The van der Waals surface area contributed by atoms with Crippen LogP contribution in [0.15, 0.2) is 30.6 Å².